The molecule has 1 aromatic carbocycles. The minimum Gasteiger partial charge on any atom is -0.355 e. The Labute approximate surface area is 122 Å². The normalized spacial score (nSPS) is 18.1. The number of nitrogens with one attached hydrogen (secondary N) is 3. The van der Waals surface area contributed by atoms with E-state index in [4.69, 9.17) is 0 Å². The molecule has 0 spiro atoms. The third-order valence-electron chi connectivity index (χ3n) is 3.60. The van der Waals surface area contributed by atoms with Crippen molar-refractivity contribution in [2.75, 3.05) is 11.9 Å². The summed E-state index contributed by atoms with van der Waals surface area (Å²) in [7, 11) is 0. The molecule has 6 nitrogen and oxygen atoms in total. The number of carbonyl (C=O) groups is 2. The van der Waals surface area contributed by atoms with Crippen LogP contribution in [-0.4, -0.2) is 28.3 Å². The van der Waals surface area contributed by atoms with E-state index in [2.05, 4.69) is 20.6 Å². The molecule has 21 heavy (non-hydrogen) atoms. The fraction of sp³-hybridized carbons (Fsp3) is 0.267. The van der Waals surface area contributed by atoms with Crippen molar-refractivity contribution in [2.45, 2.75) is 12.8 Å². The van der Waals surface area contributed by atoms with E-state index in [1.807, 2.05) is 24.3 Å². The second-order valence-electron chi connectivity index (χ2n) is 5.07. The van der Waals surface area contributed by atoms with Gasteiger partial charge >= 0.3 is 0 Å². The highest BCUT2D eigenvalue weighted by atomic mass is 16.2. The van der Waals surface area contributed by atoms with Crippen molar-refractivity contribution in [3.05, 3.63) is 36.8 Å². The van der Waals surface area contributed by atoms with Crippen LogP contribution < -0.4 is 10.6 Å². The highest BCUT2D eigenvalue weighted by Gasteiger charge is 2.24. The molecule has 1 aliphatic rings. The molecule has 0 radical (unpaired) electrons. The predicted molar refractivity (Wildman–Crippen MR) is 78.4 cm³/mol. The molecule has 1 aromatic heterocycles. The highest BCUT2D eigenvalue weighted by molar-refractivity contribution is 5.94. The van der Waals surface area contributed by atoms with Gasteiger partial charge in [0.1, 0.15) is 0 Å². The summed E-state index contributed by atoms with van der Waals surface area (Å²) in [6, 6.07) is 7.56. The number of nitrogens with zero attached hydrogens (tertiary/aromatic N) is 1. The van der Waals surface area contributed by atoms with Gasteiger partial charge in [-0.05, 0) is 24.1 Å². The number of hydrogen-bond acceptors (Lipinski definition) is 3. The Morgan fingerprint density at radius 2 is 2.10 bits per heavy atom. The minimum absolute atomic E-state index is 0.0166. The van der Waals surface area contributed by atoms with E-state index in [9.17, 15) is 9.59 Å². The molecular formula is C15H16N4O2. The third-order valence-corrected chi connectivity index (χ3v) is 3.60. The van der Waals surface area contributed by atoms with Crippen molar-refractivity contribution in [2.24, 2.45) is 5.92 Å². The Kier molecular flexibility index (Phi) is 3.68. The number of rotatable bonds is 3. The average molecular weight is 284 g/mol. The van der Waals surface area contributed by atoms with Crippen LogP contribution >= 0.6 is 0 Å². The summed E-state index contributed by atoms with van der Waals surface area (Å²) < 4.78 is 0. The molecular weight excluding hydrogens is 268 g/mol. The van der Waals surface area contributed by atoms with Gasteiger partial charge in [-0.15, -0.1) is 0 Å². The van der Waals surface area contributed by atoms with Crippen LogP contribution in [0.4, 0.5) is 5.69 Å². The fourth-order valence-corrected chi connectivity index (χ4v) is 2.35. The van der Waals surface area contributed by atoms with E-state index in [1.54, 1.807) is 12.5 Å². The second-order valence-corrected chi connectivity index (χ2v) is 5.07. The maximum Gasteiger partial charge on any atom is 0.229 e. The van der Waals surface area contributed by atoms with Crippen LogP contribution in [0.15, 0.2) is 36.8 Å². The topological polar surface area (TPSA) is 86.9 Å². The summed E-state index contributed by atoms with van der Waals surface area (Å²) in [5.74, 6) is -0.192. The predicted octanol–water partition coefficient (Wildman–Crippen LogP) is 1.54. The molecule has 1 atom stereocenters. The maximum atomic E-state index is 12.1. The molecule has 108 valence electrons. The van der Waals surface area contributed by atoms with E-state index in [-0.39, 0.29) is 17.7 Å². The molecule has 1 unspecified atom stereocenters. The monoisotopic (exact) mass is 284 g/mol. The highest BCUT2D eigenvalue weighted by Crippen LogP contribution is 2.20. The number of carbonyl (C=O) groups excluding carboxylic acids is 2. The summed E-state index contributed by atoms with van der Waals surface area (Å²) in [4.78, 5) is 30.2. The van der Waals surface area contributed by atoms with E-state index >= 15 is 0 Å². The first-order chi connectivity index (χ1) is 10.2. The number of benzene rings is 1. The third kappa shape index (κ3) is 3.10. The van der Waals surface area contributed by atoms with Gasteiger partial charge in [0.15, 0.2) is 0 Å². The SMILES string of the molecule is O=C1CCC(C(=O)Nc2ccc(-c3cnc[nH]3)cc2)CN1. The van der Waals surface area contributed by atoms with Crippen LogP contribution in [0.1, 0.15) is 12.8 Å². The molecule has 2 heterocycles. The first-order valence-corrected chi connectivity index (χ1v) is 6.89. The Hall–Kier alpha value is -2.63. The zero-order valence-electron chi connectivity index (χ0n) is 11.4. The number of anilines is 1. The molecule has 1 aliphatic heterocycles. The Morgan fingerprint density at radius 1 is 1.29 bits per heavy atom. The van der Waals surface area contributed by atoms with Gasteiger partial charge in [0, 0.05) is 18.7 Å². The Balaban J connectivity index is 1.62. The first kappa shape index (κ1) is 13.4. The standard InChI is InChI=1S/C15H16N4O2/c20-14-6-3-11(7-17-14)15(21)19-12-4-1-10(2-5-12)13-8-16-9-18-13/h1-2,4-5,8-9,11H,3,6-7H2,(H,16,18)(H,17,20)(H,19,21). The summed E-state index contributed by atoms with van der Waals surface area (Å²) in [5.41, 5.74) is 2.69. The molecule has 3 N–H and O–H groups in total. The number of aromatic nitrogens is 2. The number of H-pyrrole nitrogens is 1. The van der Waals surface area contributed by atoms with E-state index in [0.29, 0.717) is 19.4 Å². The molecule has 6 heteroatoms. The zero-order chi connectivity index (χ0) is 14.7. The number of amides is 2. The largest absolute Gasteiger partial charge is 0.355 e. The van der Waals surface area contributed by atoms with Gasteiger partial charge < -0.3 is 15.6 Å². The lowest BCUT2D eigenvalue weighted by Gasteiger charge is -2.21. The summed E-state index contributed by atoms with van der Waals surface area (Å²) in [6.45, 7) is 0.414. The van der Waals surface area contributed by atoms with Crippen molar-refractivity contribution in [1.82, 2.24) is 15.3 Å². The van der Waals surface area contributed by atoms with Crippen molar-refractivity contribution >= 4 is 17.5 Å². The Morgan fingerprint density at radius 3 is 2.71 bits per heavy atom. The number of piperidine rings is 1. The summed E-state index contributed by atoms with van der Waals surface area (Å²) in [6.07, 6.45) is 4.39. The van der Waals surface area contributed by atoms with Gasteiger partial charge in [-0.1, -0.05) is 12.1 Å². The molecule has 1 fully saturated rings. The van der Waals surface area contributed by atoms with Crippen LogP contribution in [0.25, 0.3) is 11.3 Å². The quantitative estimate of drug-likeness (QED) is 0.799. The van der Waals surface area contributed by atoms with Crippen molar-refractivity contribution in [3.8, 4) is 11.3 Å². The summed E-state index contributed by atoms with van der Waals surface area (Å²) in [5, 5.41) is 5.60. The smallest absolute Gasteiger partial charge is 0.229 e. The number of aromatic amines is 1. The van der Waals surface area contributed by atoms with Crippen molar-refractivity contribution < 1.29 is 9.59 Å². The second kappa shape index (κ2) is 5.78. The van der Waals surface area contributed by atoms with Crippen LogP contribution in [0.2, 0.25) is 0 Å². The maximum absolute atomic E-state index is 12.1. The molecule has 0 bridgehead atoms. The van der Waals surface area contributed by atoms with Crippen LogP contribution in [0, 0.1) is 5.92 Å². The van der Waals surface area contributed by atoms with Crippen molar-refractivity contribution in [1.29, 1.82) is 0 Å². The molecule has 2 amide bonds. The van der Waals surface area contributed by atoms with Gasteiger partial charge in [-0.2, -0.15) is 0 Å². The zero-order valence-corrected chi connectivity index (χ0v) is 11.4. The lowest BCUT2D eigenvalue weighted by molar-refractivity contribution is -0.126. The van der Waals surface area contributed by atoms with E-state index < -0.39 is 0 Å². The van der Waals surface area contributed by atoms with Crippen LogP contribution in [0.3, 0.4) is 0 Å². The van der Waals surface area contributed by atoms with Gasteiger partial charge in [-0.25, -0.2) is 4.98 Å². The van der Waals surface area contributed by atoms with Gasteiger partial charge in [0.25, 0.3) is 0 Å². The van der Waals surface area contributed by atoms with Gasteiger partial charge in [0.05, 0.1) is 24.1 Å². The van der Waals surface area contributed by atoms with Crippen LogP contribution in [-0.2, 0) is 9.59 Å². The number of hydrogen-bond donors (Lipinski definition) is 3. The average Bonchev–Trinajstić information content (AvgIpc) is 3.03. The Bertz CT molecular complexity index is 624. The molecule has 1 saturated heterocycles. The lowest BCUT2D eigenvalue weighted by Crippen LogP contribution is -2.40. The number of imidazole rings is 1. The van der Waals surface area contributed by atoms with Crippen molar-refractivity contribution in [3.63, 3.8) is 0 Å². The lowest BCUT2D eigenvalue weighted by atomic mass is 9.98. The molecule has 2 aromatic rings. The van der Waals surface area contributed by atoms with Gasteiger partial charge in [0.2, 0.25) is 11.8 Å². The van der Waals surface area contributed by atoms with Gasteiger partial charge in [-0.3, -0.25) is 9.59 Å². The first-order valence-electron chi connectivity index (χ1n) is 6.89. The molecule has 3 rings (SSSR count). The van der Waals surface area contributed by atoms with E-state index in [1.165, 1.54) is 0 Å². The molecule has 0 aliphatic carbocycles. The molecule has 0 saturated carbocycles. The van der Waals surface area contributed by atoms with E-state index in [0.717, 1.165) is 16.9 Å². The fourth-order valence-electron chi connectivity index (χ4n) is 2.35. The minimum atomic E-state index is -0.157. The summed E-state index contributed by atoms with van der Waals surface area (Å²) >= 11 is 0. The van der Waals surface area contributed by atoms with Crippen LogP contribution in [0.5, 0.6) is 0 Å².